The molecule has 0 saturated heterocycles. The van der Waals surface area contributed by atoms with Gasteiger partial charge in [-0.3, -0.25) is 4.98 Å². The van der Waals surface area contributed by atoms with Crippen molar-refractivity contribution < 1.29 is 0 Å². The highest BCUT2D eigenvalue weighted by Crippen LogP contribution is 2.31. The predicted molar refractivity (Wildman–Crippen MR) is 108 cm³/mol. The third-order valence-corrected chi connectivity index (χ3v) is 4.74. The van der Waals surface area contributed by atoms with Gasteiger partial charge in [0.25, 0.3) is 0 Å². The Hall–Kier alpha value is -1.78. The van der Waals surface area contributed by atoms with E-state index in [-0.39, 0.29) is 24.8 Å². The number of nitrogens with one attached hydrogen (secondary N) is 1. The molecule has 1 saturated carbocycles. The van der Waals surface area contributed by atoms with Gasteiger partial charge in [0.15, 0.2) is 0 Å². The maximum atomic E-state index is 4.62. The van der Waals surface area contributed by atoms with Crippen LogP contribution in [0, 0.1) is 0 Å². The molecule has 0 atom stereocenters. The summed E-state index contributed by atoms with van der Waals surface area (Å²) in [7, 11) is 0. The van der Waals surface area contributed by atoms with Crippen LogP contribution in [0.15, 0.2) is 48.9 Å². The minimum Gasteiger partial charge on any atom is -0.379 e. The number of rotatable bonds is 4. The highest BCUT2D eigenvalue weighted by Gasteiger charge is 2.17. The van der Waals surface area contributed by atoms with Gasteiger partial charge in [0.1, 0.15) is 0 Å². The number of halogens is 2. The van der Waals surface area contributed by atoms with Crippen LogP contribution >= 0.6 is 24.8 Å². The molecule has 0 bridgehead atoms. The molecule has 3 aromatic rings. The van der Waals surface area contributed by atoms with Crippen molar-refractivity contribution >= 4 is 41.5 Å². The maximum Gasteiger partial charge on any atom is 0.0960 e. The van der Waals surface area contributed by atoms with Crippen molar-refractivity contribution in [1.29, 1.82) is 0 Å². The molecule has 1 aliphatic carbocycles. The van der Waals surface area contributed by atoms with Crippen LogP contribution < -0.4 is 5.32 Å². The second-order valence-electron chi connectivity index (χ2n) is 6.32. The Balaban J connectivity index is 0.00000113. The summed E-state index contributed by atoms with van der Waals surface area (Å²) in [4.78, 5) is 8.96. The van der Waals surface area contributed by atoms with Crippen molar-refractivity contribution in [2.24, 2.45) is 0 Å². The lowest BCUT2D eigenvalue weighted by Crippen LogP contribution is -2.11. The zero-order valence-electron chi connectivity index (χ0n) is 14.1. The van der Waals surface area contributed by atoms with E-state index in [1.807, 2.05) is 30.7 Å². The van der Waals surface area contributed by atoms with E-state index in [0.29, 0.717) is 6.04 Å². The van der Waals surface area contributed by atoms with E-state index in [1.165, 1.54) is 37.6 Å². The van der Waals surface area contributed by atoms with Gasteiger partial charge in [-0.05, 0) is 43.2 Å². The lowest BCUT2D eigenvalue weighted by molar-refractivity contribution is 0.359. The van der Waals surface area contributed by atoms with Crippen LogP contribution in [-0.2, 0) is 6.54 Å². The molecular formula is C19H24Cl2N4. The fourth-order valence-corrected chi connectivity index (χ4v) is 3.49. The number of hydrogen-bond donors (Lipinski definition) is 1. The summed E-state index contributed by atoms with van der Waals surface area (Å²) < 4.78 is 2.37. The van der Waals surface area contributed by atoms with E-state index in [1.54, 1.807) is 0 Å². The summed E-state index contributed by atoms with van der Waals surface area (Å²) in [5, 5.41) is 3.43. The Bertz CT molecular complexity index is 782. The van der Waals surface area contributed by atoms with E-state index in [0.717, 1.165) is 23.4 Å². The van der Waals surface area contributed by atoms with Gasteiger partial charge in [-0.1, -0.05) is 25.3 Å². The first-order valence-electron chi connectivity index (χ1n) is 8.50. The quantitative estimate of drug-likeness (QED) is 0.661. The number of aromatic nitrogens is 3. The lowest BCUT2D eigenvalue weighted by atomic mass is 9.95. The number of nitrogens with zero attached hydrogens (tertiary/aromatic N) is 3. The molecule has 1 N–H and O–H groups in total. The molecule has 1 aliphatic rings. The van der Waals surface area contributed by atoms with Gasteiger partial charge in [0.2, 0.25) is 0 Å². The SMILES string of the molecule is Cl.Cl.c1ccc(CNc2ccc3c(c2)ncn3C2CCCCC2)nc1. The molecule has 4 nitrogen and oxygen atoms in total. The third kappa shape index (κ3) is 4.44. The number of benzene rings is 1. The molecule has 25 heavy (non-hydrogen) atoms. The molecule has 0 aliphatic heterocycles. The van der Waals surface area contributed by atoms with Crippen molar-refractivity contribution in [3.05, 3.63) is 54.6 Å². The summed E-state index contributed by atoms with van der Waals surface area (Å²) in [6.07, 6.45) is 10.5. The van der Waals surface area contributed by atoms with Gasteiger partial charge in [0.05, 0.1) is 29.6 Å². The van der Waals surface area contributed by atoms with Gasteiger partial charge in [-0.2, -0.15) is 0 Å². The number of fused-ring (bicyclic) bond motifs is 1. The molecule has 1 fully saturated rings. The molecular weight excluding hydrogens is 355 g/mol. The monoisotopic (exact) mass is 378 g/mol. The van der Waals surface area contributed by atoms with Crippen molar-refractivity contribution in [1.82, 2.24) is 14.5 Å². The fraction of sp³-hybridized carbons (Fsp3) is 0.368. The average Bonchev–Trinajstić information content (AvgIpc) is 3.05. The summed E-state index contributed by atoms with van der Waals surface area (Å²) in [6.45, 7) is 0.732. The standard InChI is InChI=1S/C19H22N4.2ClH/c1-2-7-17(8-3-1)23-14-22-18-12-15(9-10-19(18)23)21-13-16-6-4-5-11-20-16;;/h4-6,9-12,14,17,21H,1-3,7-8,13H2;2*1H. The Kier molecular flexibility index (Phi) is 7.09. The number of anilines is 1. The second kappa shape index (κ2) is 9.07. The van der Waals surface area contributed by atoms with Gasteiger partial charge >= 0.3 is 0 Å². The van der Waals surface area contributed by atoms with E-state index in [9.17, 15) is 0 Å². The molecule has 1 aromatic carbocycles. The largest absolute Gasteiger partial charge is 0.379 e. The first-order valence-corrected chi connectivity index (χ1v) is 8.50. The number of pyridine rings is 1. The number of imidazole rings is 1. The van der Waals surface area contributed by atoms with E-state index in [4.69, 9.17) is 0 Å². The summed E-state index contributed by atoms with van der Waals surface area (Å²) in [5.74, 6) is 0. The van der Waals surface area contributed by atoms with Crippen LogP contribution in [-0.4, -0.2) is 14.5 Å². The highest BCUT2D eigenvalue weighted by molar-refractivity contribution is 5.85. The minimum absolute atomic E-state index is 0. The smallest absolute Gasteiger partial charge is 0.0960 e. The van der Waals surface area contributed by atoms with Gasteiger partial charge in [0, 0.05) is 17.9 Å². The van der Waals surface area contributed by atoms with E-state index >= 15 is 0 Å². The minimum atomic E-state index is 0. The average molecular weight is 379 g/mol. The first kappa shape index (κ1) is 19.5. The topological polar surface area (TPSA) is 42.7 Å². The van der Waals surface area contributed by atoms with Crippen molar-refractivity contribution in [2.45, 2.75) is 44.7 Å². The lowest BCUT2D eigenvalue weighted by Gasteiger charge is -2.23. The van der Waals surface area contributed by atoms with Crippen LogP contribution in [0.5, 0.6) is 0 Å². The Morgan fingerprint density at radius 1 is 1.00 bits per heavy atom. The predicted octanol–water partition coefficient (Wildman–Crippen LogP) is 5.39. The molecule has 0 unspecified atom stereocenters. The fourth-order valence-electron chi connectivity index (χ4n) is 3.49. The molecule has 0 amide bonds. The van der Waals surface area contributed by atoms with Crippen LogP contribution in [0.1, 0.15) is 43.8 Å². The van der Waals surface area contributed by atoms with E-state index in [2.05, 4.69) is 38.1 Å². The van der Waals surface area contributed by atoms with Crippen molar-refractivity contribution in [3.8, 4) is 0 Å². The third-order valence-electron chi connectivity index (χ3n) is 4.74. The number of hydrogen-bond acceptors (Lipinski definition) is 3. The Morgan fingerprint density at radius 3 is 2.60 bits per heavy atom. The molecule has 2 aromatic heterocycles. The van der Waals surface area contributed by atoms with Crippen molar-refractivity contribution in [2.75, 3.05) is 5.32 Å². The molecule has 0 radical (unpaired) electrons. The van der Waals surface area contributed by atoms with Gasteiger partial charge < -0.3 is 9.88 Å². The van der Waals surface area contributed by atoms with Crippen LogP contribution in [0.25, 0.3) is 11.0 Å². The zero-order chi connectivity index (χ0) is 15.5. The first-order chi connectivity index (χ1) is 11.4. The Morgan fingerprint density at radius 2 is 1.84 bits per heavy atom. The Labute approximate surface area is 160 Å². The summed E-state index contributed by atoms with van der Waals surface area (Å²) in [6, 6.07) is 13.1. The van der Waals surface area contributed by atoms with Gasteiger partial charge in [-0.25, -0.2) is 4.98 Å². The molecule has 6 heteroatoms. The van der Waals surface area contributed by atoms with E-state index < -0.39 is 0 Å². The summed E-state index contributed by atoms with van der Waals surface area (Å²) >= 11 is 0. The normalized spacial score (nSPS) is 14.6. The molecule has 0 spiro atoms. The van der Waals surface area contributed by atoms with Crippen LogP contribution in [0.4, 0.5) is 5.69 Å². The maximum absolute atomic E-state index is 4.62. The van der Waals surface area contributed by atoms with Crippen LogP contribution in [0.2, 0.25) is 0 Å². The van der Waals surface area contributed by atoms with Gasteiger partial charge in [-0.15, -0.1) is 24.8 Å². The zero-order valence-corrected chi connectivity index (χ0v) is 15.7. The second-order valence-corrected chi connectivity index (χ2v) is 6.32. The van der Waals surface area contributed by atoms with Crippen LogP contribution in [0.3, 0.4) is 0 Å². The molecule has 4 rings (SSSR count). The molecule has 2 heterocycles. The summed E-state index contributed by atoms with van der Waals surface area (Å²) in [5.41, 5.74) is 4.46. The molecule has 134 valence electrons. The highest BCUT2D eigenvalue weighted by atomic mass is 35.5. The van der Waals surface area contributed by atoms with Crippen molar-refractivity contribution in [3.63, 3.8) is 0 Å².